The van der Waals surface area contributed by atoms with Crippen LogP contribution in [0, 0.1) is 35.5 Å². The molecule has 4 aliphatic rings. The van der Waals surface area contributed by atoms with Crippen LogP contribution in [0.25, 0.3) is 0 Å². The topological polar surface area (TPSA) is 17.1 Å². The molecule has 4 rings (SSSR count). The zero-order chi connectivity index (χ0) is 8.74. The number of ketones is 1. The second-order valence-electron chi connectivity index (χ2n) is 5.08. The molecule has 0 aromatic rings. The van der Waals surface area contributed by atoms with Crippen LogP contribution in [0.3, 0.4) is 0 Å². The molecule has 68 valence electrons. The first-order valence-corrected chi connectivity index (χ1v) is 5.96. The van der Waals surface area contributed by atoms with Crippen molar-refractivity contribution in [2.24, 2.45) is 35.5 Å². The molecule has 0 aliphatic heterocycles. The Labute approximate surface area is 85.7 Å². The van der Waals surface area contributed by atoms with E-state index in [2.05, 4.69) is 22.0 Å². The number of allylic oxidation sites excluding steroid dienone is 2. The molecule has 0 amide bonds. The van der Waals surface area contributed by atoms with E-state index in [0.29, 0.717) is 17.6 Å². The van der Waals surface area contributed by atoms with Crippen molar-refractivity contribution in [3.8, 4) is 0 Å². The number of carbonyl (C=O) groups excluding carboxylic acids is 1. The Kier molecular flexibility index (Phi) is 1.08. The summed E-state index contributed by atoms with van der Waals surface area (Å²) in [5.74, 6) is 4.66. The van der Waals surface area contributed by atoms with Gasteiger partial charge >= 0.3 is 0 Å². The number of fused-ring (bicyclic) bond motifs is 2. The van der Waals surface area contributed by atoms with E-state index in [1.54, 1.807) is 0 Å². The molecule has 4 aliphatic carbocycles. The Morgan fingerprint density at radius 2 is 2.08 bits per heavy atom. The first-order valence-electron chi connectivity index (χ1n) is 5.17. The van der Waals surface area contributed by atoms with E-state index in [-0.39, 0.29) is 0 Å². The van der Waals surface area contributed by atoms with E-state index in [4.69, 9.17) is 0 Å². The highest BCUT2D eigenvalue weighted by molar-refractivity contribution is 9.11. The maximum absolute atomic E-state index is 11.8. The summed E-state index contributed by atoms with van der Waals surface area (Å²) in [4.78, 5) is 11.8. The third-order valence-corrected chi connectivity index (χ3v) is 5.66. The van der Waals surface area contributed by atoms with Gasteiger partial charge in [-0.1, -0.05) is 22.0 Å². The maximum Gasteiger partial charge on any atom is 0.137 e. The lowest BCUT2D eigenvalue weighted by molar-refractivity contribution is -0.121. The highest BCUT2D eigenvalue weighted by Crippen LogP contribution is 2.69. The van der Waals surface area contributed by atoms with Gasteiger partial charge in [-0.05, 0) is 34.6 Å². The molecule has 0 aromatic carbocycles. The second kappa shape index (κ2) is 1.95. The minimum atomic E-state index is 0.416. The zero-order valence-electron chi connectivity index (χ0n) is 7.24. The number of hydrogen-bond acceptors (Lipinski definition) is 1. The first kappa shape index (κ1) is 7.22. The van der Waals surface area contributed by atoms with Gasteiger partial charge in [0.2, 0.25) is 0 Å². The number of rotatable bonds is 0. The van der Waals surface area contributed by atoms with Crippen LogP contribution >= 0.6 is 15.9 Å². The van der Waals surface area contributed by atoms with Crippen molar-refractivity contribution in [3.05, 3.63) is 10.6 Å². The minimum absolute atomic E-state index is 0.416. The lowest BCUT2D eigenvalue weighted by atomic mass is 9.79. The summed E-state index contributed by atoms with van der Waals surface area (Å²) in [5.41, 5.74) is 0. The Bertz CT molecular complexity index is 346. The Balaban J connectivity index is 1.96. The summed E-state index contributed by atoms with van der Waals surface area (Å²) < 4.78 is 1.35. The van der Waals surface area contributed by atoms with Gasteiger partial charge in [0, 0.05) is 18.3 Å². The fourth-order valence-corrected chi connectivity index (χ4v) is 5.52. The molecule has 0 radical (unpaired) electrons. The van der Waals surface area contributed by atoms with Gasteiger partial charge in [-0.2, -0.15) is 0 Å². The molecule has 1 nitrogen and oxygen atoms in total. The third-order valence-electron chi connectivity index (χ3n) is 4.87. The average Bonchev–Trinajstić information content (AvgIpc) is 2.67. The van der Waals surface area contributed by atoms with Crippen molar-refractivity contribution in [2.75, 3.05) is 0 Å². The minimum Gasteiger partial charge on any atom is -0.299 e. The van der Waals surface area contributed by atoms with Crippen molar-refractivity contribution in [1.29, 1.82) is 0 Å². The van der Waals surface area contributed by atoms with Gasteiger partial charge in [0.1, 0.15) is 5.78 Å². The fraction of sp³-hybridized carbons (Fsp3) is 0.727. The van der Waals surface area contributed by atoms with Crippen molar-refractivity contribution >= 4 is 21.7 Å². The average molecular weight is 239 g/mol. The standard InChI is InChI=1S/C11H11BrO/c12-8-2-4-5-3-9(13)11-7(5)1-6(4)10(8)11/h2,4-7,10-11H,1,3H2. The predicted molar refractivity (Wildman–Crippen MR) is 52.2 cm³/mol. The van der Waals surface area contributed by atoms with Crippen LogP contribution in [0.2, 0.25) is 0 Å². The predicted octanol–water partition coefficient (Wildman–Crippen LogP) is 2.37. The molecule has 6 atom stereocenters. The number of halogens is 1. The Morgan fingerprint density at radius 3 is 2.92 bits per heavy atom. The zero-order valence-corrected chi connectivity index (χ0v) is 8.83. The van der Waals surface area contributed by atoms with Crippen molar-refractivity contribution in [2.45, 2.75) is 12.8 Å². The van der Waals surface area contributed by atoms with E-state index in [1.165, 1.54) is 10.9 Å². The number of hydrogen-bond donors (Lipinski definition) is 0. The van der Waals surface area contributed by atoms with Gasteiger partial charge < -0.3 is 0 Å². The molecule has 13 heavy (non-hydrogen) atoms. The van der Waals surface area contributed by atoms with Gasteiger partial charge in [0.15, 0.2) is 0 Å². The maximum atomic E-state index is 11.8. The van der Waals surface area contributed by atoms with Gasteiger partial charge in [-0.3, -0.25) is 4.79 Å². The molecule has 0 heterocycles. The molecule has 2 bridgehead atoms. The smallest absolute Gasteiger partial charge is 0.137 e. The molecular formula is C11H11BrO. The van der Waals surface area contributed by atoms with E-state index in [0.717, 1.165) is 30.1 Å². The van der Waals surface area contributed by atoms with Crippen molar-refractivity contribution in [3.63, 3.8) is 0 Å². The van der Waals surface area contributed by atoms with Gasteiger partial charge in [-0.15, -0.1) is 0 Å². The summed E-state index contributed by atoms with van der Waals surface area (Å²) in [7, 11) is 0. The normalized spacial score (nSPS) is 60.7. The van der Waals surface area contributed by atoms with E-state index in [1.807, 2.05) is 0 Å². The second-order valence-corrected chi connectivity index (χ2v) is 5.99. The molecule has 0 N–H and O–H groups in total. The number of carbonyl (C=O) groups is 1. The van der Waals surface area contributed by atoms with Crippen molar-refractivity contribution in [1.82, 2.24) is 0 Å². The molecule has 0 aromatic heterocycles. The summed E-state index contributed by atoms with van der Waals surface area (Å²) in [6.45, 7) is 0. The van der Waals surface area contributed by atoms with Crippen molar-refractivity contribution < 1.29 is 4.79 Å². The summed E-state index contributed by atoms with van der Waals surface area (Å²) >= 11 is 3.65. The Morgan fingerprint density at radius 1 is 1.23 bits per heavy atom. The molecule has 6 unspecified atom stereocenters. The summed E-state index contributed by atoms with van der Waals surface area (Å²) in [5, 5.41) is 0. The van der Waals surface area contributed by atoms with E-state index in [9.17, 15) is 4.79 Å². The van der Waals surface area contributed by atoms with Gasteiger partial charge in [0.25, 0.3) is 0 Å². The van der Waals surface area contributed by atoms with Crippen LogP contribution in [-0.4, -0.2) is 5.78 Å². The first-order chi connectivity index (χ1) is 6.27. The lowest BCUT2D eigenvalue weighted by Gasteiger charge is -2.25. The third kappa shape index (κ3) is 0.604. The highest BCUT2D eigenvalue weighted by atomic mass is 79.9. The molecule has 2 heteroatoms. The monoisotopic (exact) mass is 238 g/mol. The summed E-state index contributed by atoms with van der Waals surface area (Å²) in [6.07, 6.45) is 4.64. The van der Waals surface area contributed by atoms with Crippen LogP contribution in [0.1, 0.15) is 12.8 Å². The SMILES string of the molecule is O=C1CC2C3C=C(Br)C4C3CC2C14. The molecule has 3 saturated carbocycles. The molecule has 0 saturated heterocycles. The highest BCUT2D eigenvalue weighted by Gasteiger charge is 2.66. The van der Waals surface area contributed by atoms with Crippen LogP contribution in [0.4, 0.5) is 0 Å². The quantitative estimate of drug-likeness (QED) is 0.634. The van der Waals surface area contributed by atoms with Crippen LogP contribution in [0.5, 0.6) is 0 Å². The van der Waals surface area contributed by atoms with Crippen LogP contribution in [0.15, 0.2) is 10.6 Å². The van der Waals surface area contributed by atoms with E-state index >= 15 is 0 Å². The molecule has 0 spiro atoms. The molecular weight excluding hydrogens is 228 g/mol. The fourth-order valence-electron chi connectivity index (χ4n) is 4.59. The Hall–Kier alpha value is -0.110. The van der Waals surface area contributed by atoms with E-state index < -0.39 is 0 Å². The largest absolute Gasteiger partial charge is 0.299 e. The van der Waals surface area contributed by atoms with Gasteiger partial charge in [0.05, 0.1) is 0 Å². The van der Waals surface area contributed by atoms with Gasteiger partial charge in [-0.25, -0.2) is 0 Å². The molecule has 3 fully saturated rings. The number of Topliss-reactive ketones (excluding diaryl/α,β-unsaturated/α-hetero) is 1. The van der Waals surface area contributed by atoms with Crippen LogP contribution < -0.4 is 0 Å². The summed E-state index contributed by atoms with van der Waals surface area (Å²) in [6, 6.07) is 0. The lowest BCUT2D eigenvalue weighted by Crippen LogP contribution is -2.24. The van der Waals surface area contributed by atoms with Crippen LogP contribution in [-0.2, 0) is 4.79 Å².